The van der Waals surface area contributed by atoms with Crippen LogP contribution in [0.15, 0.2) is 40.9 Å². The summed E-state index contributed by atoms with van der Waals surface area (Å²) in [6.07, 6.45) is 1.09. The second-order valence-corrected chi connectivity index (χ2v) is 6.46. The van der Waals surface area contributed by atoms with Crippen molar-refractivity contribution in [2.24, 2.45) is 0 Å². The van der Waals surface area contributed by atoms with E-state index in [4.69, 9.17) is 4.74 Å². The lowest BCUT2D eigenvalue weighted by molar-refractivity contribution is 0.0378. The molecule has 1 fully saturated rings. The molecule has 23 heavy (non-hydrogen) atoms. The fraction of sp³-hybridized carbons (Fsp3) is 0.412. The van der Waals surface area contributed by atoms with Gasteiger partial charge in [-0.05, 0) is 37.2 Å². The van der Waals surface area contributed by atoms with Gasteiger partial charge in [0.1, 0.15) is 5.82 Å². The molecule has 0 saturated carbocycles. The molecular formula is C17H21BrN4O. The highest BCUT2D eigenvalue weighted by Gasteiger charge is 2.09. The smallest absolute Gasteiger partial charge is 0.148 e. The van der Waals surface area contributed by atoms with Crippen LogP contribution in [0.4, 0.5) is 5.82 Å². The molecule has 3 rings (SSSR count). The minimum atomic E-state index is 0.827. The maximum atomic E-state index is 5.35. The van der Waals surface area contributed by atoms with E-state index in [1.54, 1.807) is 0 Å². The van der Waals surface area contributed by atoms with E-state index in [2.05, 4.69) is 36.3 Å². The van der Waals surface area contributed by atoms with Crippen LogP contribution in [0.3, 0.4) is 0 Å². The maximum Gasteiger partial charge on any atom is 0.148 e. The second kappa shape index (κ2) is 8.38. The Morgan fingerprint density at radius 1 is 1.04 bits per heavy atom. The van der Waals surface area contributed by atoms with E-state index in [0.717, 1.165) is 67.4 Å². The van der Waals surface area contributed by atoms with E-state index in [1.165, 1.54) is 0 Å². The molecule has 0 radical (unpaired) electrons. The summed E-state index contributed by atoms with van der Waals surface area (Å²) in [5, 5.41) is 11.9. The van der Waals surface area contributed by atoms with E-state index in [9.17, 15) is 0 Å². The Hall–Kier alpha value is -1.50. The first-order chi connectivity index (χ1) is 11.3. The van der Waals surface area contributed by atoms with Crippen LogP contribution in [0.1, 0.15) is 6.42 Å². The fourth-order valence-electron chi connectivity index (χ4n) is 2.55. The Morgan fingerprint density at radius 2 is 1.83 bits per heavy atom. The molecule has 122 valence electrons. The molecule has 1 aliphatic rings. The number of nitrogens with one attached hydrogen (secondary N) is 1. The Balaban J connectivity index is 1.45. The predicted octanol–water partition coefficient (Wildman–Crippen LogP) is 3.04. The third-order valence-electron chi connectivity index (χ3n) is 3.87. The Bertz CT molecular complexity index is 597. The first kappa shape index (κ1) is 16.4. The van der Waals surface area contributed by atoms with Crippen molar-refractivity contribution in [1.82, 2.24) is 15.1 Å². The minimum absolute atomic E-state index is 0.827. The van der Waals surface area contributed by atoms with Gasteiger partial charge in [0.15, 0.2) is 0 Å². The van der Waals surface area contributed by atoms with E-state index in [-0.39, 0.29) is 0 Å². The van der Waals surface area contributed by atoms with Crippen LogP contribution in [-0.2, 0) is 4.74 Å². The van der Waals surface area contributed by atoms with Crippen molar-refractivity contribution in [1.29, 1.82) is 0 Å². The first-order valence-electron chi connectivity index (χ1n) is 7.95. The molecule has 0 amide bonds. The number of aromatic nitrogens is 2. The van der Waals surface area contributed by atoms with Gasteiger partial charge in [0.2, 0.25) is 0 Å². The van der Waals surface area contributed by atoms with Crippen LogP contribution >= 0.6 is 15.9 Å². The quantitative estimate of drug-likeness (QED) is 0.785. The summed E-state index contributed by atoms with van der Waals surface area (Å²) in [5.41, 5.74) is 1.95. The SMILES string of the molecule is Brc1ccc(-c2ccc(NCCCN3CCOCC3)nn2)cc1. The Morgan fingerprint density at radius 3 is 2.52 bits per heavy atom. The topological polar surface area (TPSA) is 50.3 Å². The lowest BCUT2D eigenvalue weighted by Gasteiger charge is -2.26. The van der Waals surface area contributed by atoms with Gasteiger partial charge in [-0.25, -0.2) is 0 Å². The highest BCUT2D eigenvalue weighted by molar-refractivity contribution is 9.10. The van der Waals surface area contributed by atoms with Crippen LogP contribution in [0, 0.1) is 0 Å². The van der Waals surface area contributed by atoms with Crippen LogP contribution in [0.25, 0.3) is 11.3 Å². The molecule has 0 spiro atoms. The molecule has 0 bridgehead atoms. The summed E-state index contributed by atoms with van der Waals surface area (Å²) < 4.78 is 6.41. The van der Waals surface area contributed by atoms with Crippen LogP contribution in [0.5, 0.6) is 0 Å². The second-order valence-electron chi connectivity index (χ2n) is 5.55. The summed E-state index contributed by atoms with van der Waals surface area (Å²) in [6.45, 7) is 5.81. The maximum absolute atomic E-state index is 5.35. The van der Waals surface area contributed by atoms with E-state index in [0.29, 0.717) is 0 Å². The van der Waals surface area contributed by atoms with Gasteiger partial charge in [-0.15, -0.1) is 10.2 Å². The number of nitrogens with zero attached hydrogens (tertiary/aromatic N) is 3. The fourth-order valence-corrected chi connectivity index (χ4v) is 2.81. The molecule has 1 aromatic carbocycles. The van der Waals surface area contributed by atoms with Crippen molar-refractivity contribution in [3.05, 3.63) is 40.9 Å². The number of morpholine rings is 1. The van der Waals surface area contributed by atoms with Gasteiger partial charge in [0, 0.05) is 29.7 Å². The van der Waals surface area contributed by atoms with Gasteiger partial charge in [0.25, 0.3) is 0 Å². The standard InChI is InChI=1S/C17H21BrN4O/c18-15-4-2-14(3-5-15)16-6-7-17(21-20-16)19-8-1-9-22-10-12-23-13-11-22/h2-7H,1,8-13H2,(H,19,21). The first-order valence-corrected chi connectivity index (χ1v) is 8.74. The Kier molecular flexibility index (Phi) is 5.96. The monoisotopic (exact) mass is 376 g/mol. The third-order valence-corrected chi connectivity index (χ3v) is 4.39. The zero-order chi connectivity index (χ0) is 15.9. The molecule has 0 atom stereocenters. The predicted molar refractivity (Wildman–Crippen MR) is 95.5 cm³/mol. The summed E-state index contributed by atoms with van der Waals surface area (Å²) in [5.74, 6) is 0.827. The van der Waals surface area contributed by atoms with Gasteiger partial charge < -0.3 is 10.1 Å². The molecule has 1 N–H and O–H groups in total. The molecule has 0 unspecified atom stereocenters. The molecule has 5 nitrogen and oxygen atoms in total. The largest absolute Gasteiger partial charge is 0.379 e. The summed E-state index contributed by atoms with van der Waals surface area (Å²) >= 11 is 3.44. The molecular weight excluding hydrogens is 356 g/mol. The lowest BCUT2D eigenvalue weighted by Crippen LogP contribution is -2.37. The van der Waals surface area contributed by atoms with Crippen LogP contribution in [0.2, 0.25) is 0 Å². The Labute approximate surface area is 145 Å². The highest BCUT2D eigenvalue weighted by Crippen LogP contribution is 2.19. The number of anilines is 1. The van der Waals surface area contributed by atoms with Crippen molar-refractivity contribution in [2.45, 2.75) is 6.42 Å². The molecule has 0 aliphatic carbocycles. The zero-order valence-electron chi connectivity index (χ0n) is 13.0. The molecule has 2 heterocycles. The van der Waals surface area contributed by atoms with E-state index in [1.807, 2.05) is 36.4 Å². The van der Waals surface area contributed by atoms with Gasteiger partial charge in [-0.1, -0.05) is 28.1 Å². The number of benzene rings is 1. The number of hydrogen-bond donors (Lipinski definition) is 1. The number of halogens is 1. The molecule has 1 aliphatic heterocycles. The number of ether oxygens (including phenoxy) is 1. The van der Waals surface area contributed by atoms with Gasteiger partial charge >= 0.3 is 0 Å². The lowest BCUT2D eigenvalue weighted by atomic mass is 10.1. The molecule has 1 saturated heterocycles. The third kappa shape index (κ3) is 4.99. The van der Waals surface area contributed by atoms with Gasteiger partial charge in [0.05, 0.1) is 18.9 Å². The molecule has 1 aromatic heterocycles. The summed E-state index contributed by atoms with van der Waals surface area (Å²) in [4.78, 5) is 2.44. The minimum Gasteiger partial charge on any atom is -0.379 e. The van der Waals surface area contributed by atoms with Gasteiger partial charge in [-0.3, -0.25) is 4.90 Å². The normalized spacial score (nSPS) is 15.5. The van der Waals surface area contributed by atoms with E-state index < -0.39 is 0 Å². The van der Waals surface area contributed by atoms with Gasteiger partial charge in [-0.2, -0.15) is 0 Å². The molecule has 6 heteroatoms. The number of hydrogen-bond acceptors (Lipinski definition) is 5. The van der Waals surface area contributed by atoms with Crippen molar-refractivity contribution in [3.8, 4) is 11.3 Å². The average Bonchev–Trinajstić information content (AvgIpc) is 2.61. The highest BCUT2D eigenvalue weighted by atomic mass is 79.9. The van der Waals surface area contributed by atoms with Crippen molar-refractivity contribution in [2.75, 3.05) is 44.7 Å². The summed E-state index contributed by atoms with van der Waals surface area (Å²) in [7, 11) is 0. The summed E-state index contributed by atoms with van der Waals surface area (Å²) in [6, 6.07) is 12.1. The van der Waals surface area contributed by atoms with Crippen LogP contribution in [-0.4, -0.2) is 54.5 Å². The van der Waals surface area contributed by atoms with Crippen molar-refractivity contribution < 1.29 is 4.74 Å². The molecule has 2 aromatic rings. The zero-order valence-corrected chi connectivity index (χ0v) is 14.6. The number of rotatable bonds is 6. The van der Waals surface area contributed by atoms with Crippen molar-refractivity contribution >= 4 is 21.7 Å². The average molecular weight is 377 g/mol. The van der Waals surface area contributed by atoms with Crippen molar-refractivity contribution in [3.63, 3.8) is 0 Å². The van der Waals surface area contributed by atoms with Crippen LogP contribution < -0.4 is 5.32 Å². The van der Waals surface area contributed by atoms with E-state index >= 15 is 0 Å².